The quantitative estimate of drug-likeness (QED) is 0.786. The van der Waals surface area contributed by atoms with E-state index in [0.29, 0.717) is 6.61 Å². The molecule has 0 aromatic carbocycles. The highest BCUT2D eigenvalue weighted by Gasteiger charge is 2.22. The fourth-order valence-corrected chi connectivity index (χ4v) is 2.53. The van der Waals surface area contributed by atoms with Crippen molar-refractivity contribution in [2.24, 2.45) is 0 Å². The highest BCUT2D eigenvalue weighted by atomic mass is 32.1. The third-order valence-corrected chi connectivity index (χ3v) is 3.20. The van der Waals surface area contributed by atoms with E-state index in [4.69, 9.17) is 4.74 Å². The minimum absolute atomic E-state index is 0.0366. The number of rotatable bonds is 2. The van der Waals surface area contributed by atoms with Crippen LogP contribution in [0.25, 0.3) is 0 Å². The standard InChI is InChI=1S/C9H12FNOS/c1-11-5-7-6-4-9(10)13-8(6)2-3-12-7/h4,7,11H,2-3,5H2,1H3/t7-/m0/s1. The number of hydrogen-bond donors (Lipinski definition) is 1. The van der Waals surface area contributed by atoms with Crippen molar-refractivity contribution >= 4 is 11.3 Å². The number of nitrogens with one attached hydrogen (secondary N) is 1. The van der Waals surface area contributed by atoms with Crippen molar-refractivity contribution < 1.29 is 9.13 Å². The molecular weight excluding hydrogens is 189 g/mol. The molecule has 0 unspecified atom stereocenters. The zero-order valence-corrected chi connectivity index (χ0v) is 8.29. The summed E-state index contributed by atoms with van der Waals surface area (Å²) in [5.41, 5.74) is 1.03. The molecule has 1 aliphatic rings. The van der Waals surface area contributed by atoms with E-state index in [9.17, 15) is 4.39 Å². The maximum atomic E-state index is 12.9. The molecule has 0 amide bonds. The van der Waals surface area contributed by atoms with E-state index in [1.54, 1.807) is 6.07 Å². The Morgan fingerprint density at radius 1 is 1.77 bits per heavy atom. The third-order valence-electron chi connectivity index (χ3n) is 2.20. The summed E-state index contributed by atoms with van der Waals surface area (Å²) in [4.78, 5) is 1.14. The van der Waals surface area contributed by atoms with Crippen molar-refractivity contribution in [2.45, 2.75) is 12.5 Å². The molecule has 0 saturated carbocycles. The number of hydrogen-bond acceptors (Lipinski definition) is 3. The molecule has 0 saturated heterocycles. The van der Waals surface area contributed by atoms with Crippen LogP contribution in [0.15, 0.2) is 6.07 Å². The van der Waals surface area contributed by atoms with Gasteiger partial charge in [-0.05, 0) is 18.7 Å². The molecule has 0 fully saturated rings. The van der Waals surface area contributed by atoms with E-state index in [0.717, 1.165) is 23.4 Å². The summed E-state index contributed by atoms with van der Waals surface area (Å²) in [6, 6.07) is 1.60. The van der Waals surface area contributed by atoms with Gasteiger partial charge in [0.15, 0.2) is 5.13 Å². The van der Waals surface area contributed by atoms with Gasteiger partial charge in [-0.1, -0.05) is 0 Å². The van der Waals surface area contributed by atoms with Crippen LogP contribution in [0.4, 0.5) is 4.39 Å². The zero-order chi connectivity index (χ0) is 9.26. The Balaban J connectivity index is 2.25. The van der Waals surface area contributed by atoms with Crippen LogP contribution >= 0.6 is 11.3 Å². The summed E-state index contributed by atoms with van der Waals surface area (Å²) in [7, 11) is 1.88. The molecule has 1 aliphatic heterocycles. The minimum atomic E-state index is -0.100. The van der Waals surface area contributed by atoms with E-state index in [1.807, 2.05) is 7.05 Å². The Labute approximate surface area is 80.7 Å². The lowest BCUT2D eigenvalue weighted by Crippen LogP contribution is -2.24. The van der Waals surface area contributed by atoms with E-state index < -0.39 is 0 Å². The van der Waals surface area contributed by atoms with Gasteiger partial charge in [-0.15, -0.1) is 11.3 Å². The number of fused-ring (bicyclic) bond motifs is 1. The second kappa shape index (κ2) is 3.74. The van der Waals surface area contributed by atoms with Crippen molar-refractivity contribution in [1.82, 2.24) is 5.32 Å². The summed E-state index contributed by atoms with van der Waals surface area (Å²) in [6.45, 7) is 1.46. The summed E-state index contributed by atoms with van der Waals surface area (Å²) in [5, 5.41) is 2.94. The molecule has 13 heavy (non-hydrogen) atoms. The first-order valence-corrected chi connectivity index (χ1v) is 5.17. The van der Waals surface area contributed by atoms with Crippen molar-refractivity contribution in [3.8, 4) is 0 Å². The summed E-state index contributed by atoms with van der Waals surface area (Å²) < 4.78 is 18.5. The molecule has 72 valence electrons. The van der Waals surface area contributed by atoms with Crippen molar-refractivity contribution in [1.29, 1.82) is 0 Å². The largest absolute Gasteiger partial charge is 0.372 e. The SMILES string of the molecule is CNC[C@@H]1OCCc2sc(F)cc21. The molecule has 0 bridgehead atoms. The van der Waals surface area contributed by atoms with Crippen LogP contribution < -0.4 is 5.32 Å². The Hall–Kier alpha value is -0.450. The minimum Gasteiger partial charge on any atom is -0.372 e. The molecule has 2 heterocycles. The fourth-order valence-electron chi connectivity index (χ4n) is 1.61. The summed E-state index contributed by atoms with van der Waals surface area (Å²) >= 11 is 1.25. The Kier molecular flexibility index (Phi) is 2.62. The first-order valence-electron chi connectivity index (χ1n) is 4.35. The van der Waals surface area contributed by atoms with Gasteiger partial charge in [0.25, 0.3) is 0 Å². The number of likely N-dealkylation sites (N-methyl/N-ethyl adjacent to an activating group) is 1. The van der Waals surface area contributed by atoms with Gasteiger partial charge in [-0.25, -0.2) is 0 Å². The first-order chi connectivity index (χ1) is 6.31. The van der Waals surface area contributed by atoms with Gasteiger partial charge in [-0.2, -0.15) is 4.39 Å². The van der Waals surface area contributed by atoms with Crippen LogP contribution in [-0.2, 0) is 11.2 Å². The Morgan fingerprint density at radius 3 is 3.38 bits per heavy atom. The van der Waals surface area contributed by atoms with Crippen LogP contribution in [-0.4, -0.2) is 20.2 Å². The lowest BCUT2D eigenvalue weighted by molar-refractivity contribution is 0.0450. The molecule has 1 aromatic rings. The first kappa shape index (κ1) is 9.12. The highest BCUT2D eigenvalue weighted by molar-refractivity contribution is 7.10. The van der Waals surface area contributed by atoms with Crippen LogP contribution in [0.2, 0.25) is 0 Å². The average molecular weight is 201 g/mol. The molecule has 2 nitrogen and oxygen atoms in total. The van der Waals surface area contributed by atoms with Gasteiger partial charge >= 0.3 is 0 Å². The van der Waals surface area contributed by atoms with Crippen LogP contribution in [0.3, 0.4) is 0 Å². The second-order valence-electron chi connectivity index (χ2n) is 3.10. The van der Waals surface area contributed by atoms with Crippen molar-refractivity contribution in [3.05, 3.63) is 21.6 Å². The van der Waals surface area contributed by atoms with Gasteiger partial charge in [0.1, 0.15) is 0 Å². The molecule has 1 N–H and O–H groups in total. The van der Waals surface area contributed by atoms with Gasteiger partial charge in [0, 0.05) is 17.8 Å². The predicted molar refractivity (Wildman–Crippen MR) is 50.6 cm³/mol. The summed E-state index contributed by atoms with van der Waals surface area (Å²) in [5.74, 6) is 0. The molecule has 0 radical (unpaired) electrons. The van der Waals surface area contributed by atoms with E-state index in [2.05, 4.69) is 5.32 Å². The van der Waals surface area contributed by atoms with Crippen LogP contribution in [0, 0.1) is 5.13 Å². The number of halogens is 1. The molecule has 1 aromatic heterocycles. The predicted octanol–water partition coefficient (Wildman–Crippen LogP) is 1.72. The third kappa shape index (κ3) is 1.75. The van der Waals surface area contributed by atoms with E-state index >= 15 is 0 Å². The van der Waals surface area contributed by atoms with Crippen LogP contribution in [0.1, 0.15) is 16.5 Å². The lowest BCUT2D eigenvalue weighted by atomic mass is 10.1. The number of thiophene rings is 1. The molecule has 0 spiro atoms. The number of ether oxygens (including phenoxy) is 1. The fraction of sp³-hybridized carbons (Fsp3) is 0.556. The second-order valence-corrected chi connectivity index (χ2v) is 4.18. The van der Waals surface area contributed by atoms with Crippen molar-refractivity contribution in [3.63, 3.8) is 0 Å². The molecular formula is C9H12FNOS. The van der Waals surface area contributed by atoms with Gasteiger partial charge in [-0.3, -0.25) is 0 Å². The van der Waals surface area contributed by atoms with Gasteiger partial charge in [0.05, 0.1) is 12.7 Å². The smallest absolute Gasteiger partial charge is 0.177 e. The monoisotopic (exact) mass is 201 g/mol. The normalized spacial score (nSPS) is 21.5. The van der Waals surface area contributed by atoms with E-state index in [1.165, 1.54) is 11.3 Å². The lowest BCUT2D eigenvalue weighted by Gasteiger charge is -2.22. The molecule has 2 rings (SSSR count). The Bertz CT molecular complexity index is 300. The van der Waals surface area contributed by atoms with Gasteiger partial charge < -0.3 is 10.1 Å². The summed E-state index contributed by atoms with van der Waals surface area (Å²) in [6.07, 6.45) is 0.888. The van der Waals surface area contributed by atoms with Crippen LogP contribution in [0.5, 0.6) is 0 Å². The van der Waals surface area contributed by atoms with Crippen molar-refractivity contribution in [2.75, 3.05) is 20.2 Å². The topological polar surface area (TPSA) is 21.3 Å². The van der Waals surface area contributed by atoms with E-state index in [-0.39, 0.29) is 11.2 Å². The molecule has 1 atom stereocenters. The van der Waals surface area contributed by atoms with Gasteiger partial charge in [0.2, 0.25) is 0 Å². The maximum absolute atomic E-state index is 12.9. The average Bonchev–Trinajstić information content (AvgIpc) is 2.47. The zero-order valence-electron chi connectivity index (χ0n) is 7.47. The molecule has 4 heteroatoms. The Morgan fingerprint density at radius 2 is 2.62 bits per heavy atom. The maximum Gasteiger partial charge on any atom is 0.177 e. The molecule has 0 aliphatic carbocycles. The highest BCUT2D eigenvalue weighted by Crippen LogP contribution is 2.32.